The van der Waals surface area contributed by atoms with Crippen LogP contribution in [0.2, 0.25) is 5.02 Å². The first-order chi connectivity index (χ1) is 13.6. The number of aliphatic hydroxyl groups excluding tert-OH is 1. The fourth-order valence-electron chi connectivity index (χ4n) is 3.79. The first-order valence-electron chi connectivity index (χ1n) is 10.1. The highest BCUT2D eigenvalue weighted by molar-refractivity contribution is 6.30. The van der Waals surface area contributed by atoms with E-state index in [9.17, 15) is 5.11 Å². The van der Waals surface area contributed by atoms with Crippen molar-refractivity contribution in [3.05, 3.63) is 64.7 Å². The van der Waals surface area contributed by atoms with Gasteiger partial charge in [0.1, 0.15) is 0 Å². The molecule has 1 N–H and O–H groups in total. The number of aliphatic hydroxyl groups is 1. The fourth-order valence-corrected chi connectivity index (χ4v) is 3.96. The van der Waals surface area contributed by atoms with E-state index in [2.05, 4.69) is 41.8 Å². The van der Waals surface area contributed by atoms with Gasteiger partial charge in [0, 0.05) is 43.4 Å². The van der Waals surface area contributed by atoms with Crippen LogP contribution in [-0.4, -0.2) is 55.4 Å². The Labute approximate surface area is 198 Å². The number of nitrogens with zero attached hydrogens (tertiary/aromatic N) is 2. The minimum atomic E-state index is -0.475. The summed E-state index contributed by atoms with van der Waals surface area (Å²) in [4.78, 5) is 4.69. The van der Waals surface area contributed by atoms with Gasteiger partial charge in [-0.15, -0.1) is 24.8 Å². The molecule has 4 nitrogen and oxygen atoms in total. The molecule has 7 heteroatoms. The largest absolute Gasteiger partial charge is 0.389 e. The Hall–Kier alpha value is -1.01. The van der Waals surface area contributed by atoms with Crippen LogP contribution in [0.25, 0.3) is 0 Å². The number of piperazine rings is 1. The summed E-state index contributed by atoms with van der Waals surface area (Å²) in [5.74, 6) is 0. The molecule has 0 saturated carbocycles. The number of rotatable bonds is 8. The van der Waals surface area contributed by atoms with E-state index in [1.54, 1.807) is 0 Å². The Balaban J connectivity index is 0.00000225. The molecule has 0 aliphatic carbocycles. The molecule has 30 heavy (non-hydrogen) atoms. The third-order valence-electron chi connectivity index (χ3n) is 5.39. The van der Waals surface area contributed by atoms with Crippen LogP contribution in [0.1, 0.15) is 30.6 Å². The molecule has 1 saturated heterocycles. The summed E-state index contributed by atoms with van der Waals surface area (Å²) in [6.07, 6.45) is 0.463. The summed E-state index contributed by atoms with van der Waals surface area (Å²) in [5.41, 5.74) is 3.63. The number of benzene rings is 2. The molecule has 2 atom stereocenters. The molecule has 0 aromatic heterocycles. The second-order valence-corrected chi connectivity index (χ2v) is 7.95. The molecular formula is C23H33Cl3N2O2. The van der Waals surface area contributed by atoms with Crippen LogP contribution in [0.4, 0.5) is 5.69 Å². The zero-order chi connectivity index (χ0) is 19.9. The molecule has 2 unspecified atom stereocenters. The lowest BCUT2D eigenvalue weighted by molar-refractivity contribution is -0.0240. The summed E-state index contributed by atoms with van der Waals surface area (Å²) in [6, 6.07) is 16.3. The van der Waals surface area contributed by atoms with E-state index >= 15 is 0 Å². The first kappa shape index (κ1) is 27.0. The second-order valence-electron chi connectivity index (χ2n) is 7.51. The van der Waals surface area contributed by atoms with Gasteiger partial charge in [0.15, 0.2) is 0 Å². The maximum Gasteiger partial charge on any atom is 0.0900 e. The van der Waals surface area contributed by atoms with Crippen LogP contribution in [0.5, 0.6) is 0 Å². The van der Waals surface area contributed by atoms with Gasteiger partial charge in [-0.3, -0.25) is 4.90 Å². The van der Waals surface area contributed by atoms with Gasteiger partial charge in [-0.1, -0.05) is 54.9 Å². The SMILES string of the molecule is CCC(OCC(O)CN1CCN(c2cc(Cl)ccc2C)CC1)c1ccccc1.Cl.Cl. The third-order valence-corrected chi connectivity index (χ3v) is 5.62. The van der Waals surface area contributed by atoms with Crippen LogP contribution >= 0.6 is 36.4 Å². The molecule has 1 aliphatic rings. The van der Waals surface area contributed by atoms with E-state index in [0.717, 1.165) is 37.6 Å². The summed E-state index contributed by atoms with van der Waals surface area (Å²) >= 11 is 6.17. The standard InChI is InChI=1S/C23H31ClN2O2.2ClH/c1-3-23(19-7-5-4-6-8-19)28-17-21(27)16-25-11-13-26(14-12-25)22-15-20(24)10-9-18(22)2;;/h4-10,15,21,23,27H,3,11-14,16-17H2,1-2H3;2*1H. The van der Waals surface area contributed by atoms with Gasteiger partial charge < -0.3 is 14.7 Å². The third kappa shape index (κ3) is 7.60. The fraction of sp³-hybridized carbons (Fsp3) is 0.478. The zero-order valence-electron chi connectivity index (χ0n) is 17.7. The second kappa shape index (κ2) is 13.4. The van der Waals surface area contributed by atoms with Gasteiger partial charge >= 0.3 is 0 Å². The van der Waals surface area contributed by atoms with Crippen LogP contribution < -0.4 is 4.90 Å². The van der Waals surface area contributed by atoms with Gasteiger partial charge in [-0.25, -0.2) is 0 Å². The molecule has 0 spiro atoms. The van der Waals surface area contributed by atoms with E-state index < -0.39 is 6.10 Å². The van der Waals surface area contributed by atoms with Crippen LogP contribution in [-0.2, 0) is 4.74 Å². The number of hydrogen-bond donors (Lipinski definition) is 1. The van der Waals surface area contributed by atoms with Crippen molar-refractivity contribution in [1.29, 1.82) is 0 Å². The maximum absolute atomic E-state index is 10.5. The highest BCUT2D eigenvalue weighted by Crippen LogP contribution is 2.25. The normalized spacial score (nSPS) is 16.3. The molecule has 2 aromatic carbocycles. The molecule has 168 valence electrons. The number of hydrogen-bond acceptors (Lipinski definition) is 4. The van der Waals surface area contributed by atoms with Crippen LogP contribution in [0.15, 0.2) is 48.5 Å². The number of anilines is 1. The number of ether oxygens (including phenoxy) is 1. The maximum atomic E-state index is 10.5. The summed E-state index contributed by atoms with van der Waals surface area (Å²) < 4.78 is 6.00. The number of halogens is 3. The Morgan fingerprint density at radius 3 is 2.33 bits per heavy atom. The smallest absolute Gasteiger partial charge is 0.0900 e. The highest BCUT2D eigenvalue weighted by Gasteiger charge is 2.21. The van der Waals surface area contributed by atoms with Gasteiger partial charge in [-0.05, 0) is 36.6 Å². The van der Waals surface area contributed by atoms with E-state index in [-0.39, 0.29) is 30.9 Å². The lowest BCUT2D eigenvalue weighted by atomic mass is 10.1. The minimum absolute atomic E-state index is 0. The van der Waals surface area contributed by atoms with Crippen molar-refractivity contribution in [3.63, 3.8) is 0 Å². The molecule has 0 amide bonds. The van der Waals surface area contributed by atoms with E-state index in [0.29, 0.717) is 13.2 Å². The molecular weight excluding hydrogens is 443 g/mol. The van der Waals surface area contributed by atoms with Crippen LogP contribution in [0.3, 0.4) is 0 Å². The van der Waals surface area contributed by atoms with Crippen molar-refractivity contribution >= 4 is 42.1 Å². The van der Waals surface area contributed by atoms with Crippen LogP contribution in [0, 0.1) is 6.92 Å². The molecule has 0 radical (unpaired) electrons. The molecule has 2 aromatic rings. The quantitative estimate of drug-likeness (QED) is 0.573. The van der Waals surface area contributed by atoms with E-state index in [1.807, 2.05) is 30.3 Å². The molecule has 1 heterocycles. The van der Waals surface area contributed by atoms with E-state index in [1.165, 1.54) is 16.8 Å². The molecule has 1 fully saturated rings. The topological polar surface area (TPSA) is 35.9 Å². The predicted octanol–water partition coefficient (Wildman–Crippen LogP) is 5.14. The summed E-state index contributed by atoms with van der Waals surface area (Å²) in [5, 5.41) is 11.2. The van der Waals surface area contributed by atoms with Crippen molar-refractivity contribution in [2.45, 2.75) is 32.5 Å². The lowest BCUT2D eigenvalue weighted by Crippen LogP contribution is -2.49. The van der Waals surface area contributed by atoms with Crippen molar-refractivity contribution < 1.29 is 9.84 Å². The summed E-state index contributed by atoms with van der Waals surface area (Å²) in [6.45, 7) is 8.98. The average Bonchev–Trinajstić information content (AvgIpc) is 2.72. The van der Waals surface area contributed by atoms with Gasteiger partial charge in [-0.2, -0.15) is 0 Å². The Morgan fingerprint density at radius 2 is 1.70 bits per heavy atom. The Kier molecular flexibility index (Phi) is 12.1. The summed E-state index contributed by atoms with van der Waals surface area (Å²) in [7, 11) is 0. The Morgan fingerprint density at radius 1 is 1.03 bits per heavy atom. The number of β-amino-alcohol motifs (C(OH)–C–C–N with tert-alkyl or cyclic N) is 1. The lowest BCUT2D eigenvalue weighted by Gasteiger charge is -2.37. The average molecular weight is 476 g/mol. The monoisotopic (exact) mass is 474 g/mol. The number of aryl methyl sites for hydroxylation is 1. The highest BCUT2D eigenvalue weighted by atomic mass is 35.5. The zero-order valence-corrected chi connectivity index (χ0v) is 20.1. The van der Waals surface area contributed by atoms with Gasteiger partial charge in [0.2, 0.25) is 0 Å². The van der Waals surface area contributed by atoms with Crippen molar-refractivity contribution in [2.24, 2.45) is 0 Å². The van der Waals surface area contributed by atoms with E-state index in [4.69, 9.17) is 16.3 Å². The Bertz CT molecular complexity index is 740. The van der Waals surface area contributed by atoms with Crippen molar-refractivity contribution in [2.75, 3.05) is 44.2 Å². The molecule has 3 rings (SSSR count). The van der Waals surface area contributed by atoms with Gasteiger partial charge in [0.25, 0.3) is 0 Å². The first-order valence-corrected chi connectivity index (χ1v) is 10.5. The van der Waals surface area contributed by atoms with Gasteiger partial charge in [0.05, 0.1) is 18.8 Å². The predicted molar refractivity (Wildman–Crippen MR) is 131 cm³/mol. The van der Waals surface area contributed by atoms with Crippen molar-refractivity contribution in [3.8, 4) is 0 Å². The minimum Gasteiger partial charge on any atom is -0.389 e. The van der Waals surface area contributed by atoms with Crippen molar-refractivity contribution in [1.82, 2.24) is 4.90 Å². The molecule has 1 aliphatic heterocycles. The molecule has 0 bridgehead atoms.